The first-order chi connectivity index (χ1) is 17.3. The van der Waals surface area contributed by atoms with Gasteiger partial charge in [-0.1, -0.05) is 12.1 Å². The lowest BCUT2D eigenvalue weighted by Crippen LogP contribution is -2.36. The van der Waals surface area contributed by atoms with E-state index in [1.165, 1.54) is 6.07 Å². The zero-order valence-corrected chi connectivity index (χ0v) is 20.3. The fourth-order valence-corrected chi connectivity index (χ4v) is 4.57. The van der Waals surface area contributed by atoms with Crippen LogP contribution in [0.2, 0.25) is 0 Å². The first-order valence-electron chi connectivity index (χ1n) is 11.7. The minimum atomic E-state index is -0.454. The molecule has 0 aliphatic carbocycles. The van der Waals surface area contributed by atoms with Crippen LogP contribution in [0.3, 0.4) is 0 Å². The van der Waals surface area contributed by atoms with Crippen molar-refractivity contribution in [3.05, 3.63) is 80.9 Å². The van der Waals surface area contributed by atoms with E-state index in [0.29, 0.717) is 43.6 Å². The van der Waals surface area contributed by atoms with Gasteiger partial charge in [-0.3, -0.25) is 14.9 Å². The highest BCUT2D eigenvalue weighted by Gasteiger charge is 2.24. The van der Waals surface area contributed by atoms with Gasteiger partial charge in [0, 0.05) is 36.0 Å². The molecule has 3 aromatic carbocycles. The van der Waals surface area contributed by atoms with Crippen LogP contribution in [-0.2, 0) is 4.74 Å². The molecular weight excluding hydrogens is 460 g/mol. The molecule has 2 heterocycles. The smallest absolute Gasteiger partial charge is 0.293 e. The summed E-state index contributed by atoms with van der Waals surface area (Å²) in [5.41, 5.74) is 6.33. The Morgan fingerprint density at radius 3 is 2.61 bits per heavy atom. The summed E-state index contributed by atoms with van der Waals surface area (Å²) in [7, 11) is 0. The molecule has 1 N–H and O–H groups in total. The number of carbonyl (C=O) groups is 1. The fourth-order valence-electron chi connectivity index (χ4n) is 4.57. The number of aryl methyl sites for hydroxylation is 2. The van der Waals surface area contributed by atoms with Crippen LogP contribution in [0.4, 0.5) is 17.1 Å². The molecule has 9 heteroatoms. The lowest BCUT2D eigenvalue weighted by Gasteiger charge is -2.28. The summed E-state index contributed by atoms with van der Waals surface area (Å²) in [6, 6.07) is 14.1. The Morgan fingerprint density at radius 2 is 1.86 bits per heavy atom. The Labute approximate surface area is 207 Å². The van der Waals surface area contributed by atoms with E-state index >= 15 is 0 Å². The highest BCUT2D eigenvalue weighted by atomic mass is 16.6. The largest absolute Gasteiger partial charge is 0.436 e. The molecule has 1 aliphatic rings. The van der Waals surface area contributed by atoms with Crippen LogP contribution in [0.5, 0.6) is 0 Å². The number of rotatable bonds is 5. The number of nitro groups is 1. The van der Waals surface area contributed by atoms with E-state index in [1.54, 1.807) is 18.2 Å². The molecule has 1 fully saturated rings. The van der Waals surface area contributed by atoms with Crippen molar-refractivity contribution < 1.29 is 18.9 Å². The van der Waals surface area contributed by atoms with Crippen molar-refractivity contribution >= 4 is 34.1 Å². The molecule has 1 saturated heterocycles. The molecule has 1 aromatic heterocycles. The van der Waals surface area contributed by atoms with Gasteiger partial charge < -0.3 is 19.4 Å². The molecule has 0 radical (unpaired) electrons. The van der Waals surface area contributed by atoms with Crippen LogP contribution in [0.15, 0.2) is 52.9 Å². The number of aromatic nitrogens is 1. The Morgan fingerprint density at radius 1 is 1.08 bits per heavy atom. The maximum atomic E-state index is 13.1. The van der Waals surface area contributed by atoms with Crippen LogP contribution in [-0.4, -0.2) is 42.1 Å². The van der Waals surface area contributed by atoms with Crippen LogP contribution < -0.4 is 10.2 Å². The maximum absolute atomic E-state index is 13.1. The molecular formula is C27H26N4O5. The number of ether oxygens (including phenoxy) is 1. The second-order valence-corrected chi connectivity index (χ2v) is 8.94. The Balaban J connectivity index is 1.44. The minimum absolute atomic E-state index is 0.104. The van der Waals surface area contributed by atoms with Crippen molar-refractivity contribution in [2.75, 3.05) is 36.5 Å². The second-order valence-electron chi connectivity index (χ2n) is 8.94. The third kappa shape index (κ3) is 4.40. The molecule has 0 unspecified atom stereocenters. The Hall–Kier alpha value is -4.24. The molecule has 0 atom stereocenters. The van der Waals surface area contributed by atoms with Gasteiger partial charge in [0.2, 0.25) is 5.89 Å². The van der Waals surface area contributed by atoms with Crippen molar-refractivity contribution in [1.82, 2.24) is 4.98 Å². The van der Waals surface area contributed by atoms with Gasteiger partial charge in [-0.2, -0.15) is 0 Å². The maximum Gasteiger partial charge on any atom is 0.293 e. The van der Waals surface area contributed by atoms with Crippen LogP contribution in [0.25, 0.3) is 22.6 Å². The van der Waals surface area contributed by atoms with Crippen LogP contribution >= 0.6 is 0 Å². The molecule has 1 amide bonds. The summed E-state index contributed by atoms with van der Waals surface area (Å²) in [6.45, 7) is 8.02. The molecule has 36 heavy (non-hydrogen) atoms. The average Bonchev–Trinajstić information content (AvgIpc) is 3.29. The number of nitrogens with one attached hydrogen (secondary N) is 1. The number of benzene rings is 3. The highest BCUT2D eigenvalue weighted by Crippen LogP contribution is 2.33. The molecule has 5 rings (SSSR count). The topological polar surface area (TPSA) is 111 Å². The Bertz CT molecular complexity index is 1490. The molecule has 0 saturated carbocycles. The molecule has 4 aromatic rings. The van der Waals surface area contributed by atoms with Gasteiger partial charge in [0.1, 0.15) is 11.2 Å². The number of oxazole rings is 1. The van der Waals surface area contributed by atoms with Gasteiger partial charge in [-0.15, -0.1) is 0 Å². The number of fused-ring (bicyclic) bond motifs is 1. The van der Waals surface area contributed by atoms with E-state index in [2.05, 4.69) is 10.3 Å². The van der Waals surface area contributed by atoms with E-state index < -0.39 is 10.8 Å². The van der Waals surface area contributed by atoms with E-state index in [4.69, 9.17) is 9.15 Å². The fraction of sp³-hybridized carbons (Fsp3) is 0.259. The number of nitrogens with zero attached hydrogens (tertiary/aromatic N) is 3. The van der Waals surface area contributed by atoms with Gasteiger partial charge in [0.15, 0.2) is 5.58 Å². The predicted octanol–water partition coefficient (Wildman–Crippen LogP) is 5.42. The van der Waals surface area contributed by atoms with Gasteiger partial charge in [-0.25, -0.2) is 4.98 Å². The number of carbonyl (C=O) groups excluding carboxylic acids is 1. The quantitative estimate of drug-likeness (QED) is 0.296. The zero-order valence-electron chi connectivity index (χ0n) is 20.3. The lowest BCUT2D eigenvalue weighted by molar-refractivity contribution is -0.384. The molecule has 0 bridgehead atoms. The van der Waals surface area contributed by atoms with E-state index in [-0.39, 0.29) is 11.3 Å². The second kappa shape index (κ2) is 9.43. The number of amides is 1. The van der Waals surface area contributed by atoms with Crippen molar-refractivity contribution in [2.45, 2.75) is 20.8 Å². The van der Waals surface area contributed by atoms with E-state index in [9.17, 15) is 14.9 Å². The monoisotopic (exact) mass is 486 g/mol. The molecule has 184 valence electrons. The number of hydrogen-bond donors (Lipinski definition) is 1. The van der Waals surface area contributed by atoms with Crippen molar-refractivity contribution in [1.29, 1.82) is 0 Å². The standard InChI is InChI=1S/C27H26N4O5/c1-16-13-17(2)25-22(14-16)29-27(36-25)20-5-4-6-21(18(20)3)28-26(32)19-7-8-23(24(15-19)31(33)34)30-9-11-35-12-10-30/h4-8,13-15H,9-12H2,1-3H3,(H,28,32). The summed E-state index contributed by atoms with van der Waals surface area (Å²) < 4.78 is 11.4. The number of anilines is 2. The van der Waals surface area contributed by atoms with Gasteiger partial charge in [0.05, 0.1) is 18.1 Å². The van der Waals surface area contributed by atoms with Crippen LogP contribution in [0, 0.1) is 30.9 Å². The minimum Gasteiger partial charge on any atom is -0.436 e. The lowest BCUT2D eigenvalue weighted by atomic mass is 10.1. The Kier molecular flexibility index (Phi) is 6.15. The number of morpholine rings is 1. The van der Waals surface area contributed by atoms with E-state index in [0.717, 1.165) is 33.4 Å². The van der Waals surface area contributed by atoms with Crippen molar-refractivity contribution in [3.8, 4) is 11.5 Å². The third-order valence-electron chi connectivity index (χ3n) is 6.42. The van der Waals surface area contributed by atoms with Crippen molar-refractivity contribution in [3.63, 3.8) is 0 Å². The zero-order chi connectivity index (χ0) is 25.4. The average molecular weight is 487 g/mol. The third-order valence-corrected chi connectivity index (χ3v) is 6.42. The highest BCUT2D eigenvalue weighted by molar-refractivity contribution is 6.06. The summed E-state index contributed by atoms with van der Waals surface area (Å²) >= 11 is 0. The van der Waals surface area contributed by atoms with E-state index in [1.807, 2.05) is 49.9 Å². The van der Waals surface area contributed by atoms with Crippen molar-refractivity contribution in [2.24, 2.45) is 0 Å². The first-order valence-corrected chi connectivity index (χ1v) is 11.7. The normalized spacial score (nSPS) is 13.7. The van der Waals surface area contributed by atoms with Crippen LogP contribution in [0.1, 0.15) is 27.0 Å². The predicted molar refractivity (Wildman–Crippen MR) is 138 cm³/mol. The summed E-state index contributed by atoms with van der Waals surface area (Å²) in [5, 5.41) is 14.7. The SMILES string of the molecule is Cc1cc(C)c2oc(-c3cccc(NC(=O)c4ccc(N5CCOCC5)c([N+](=O)[O-])c4)c3C)nc2c1. The number of hydrogen-bond acceptors (Lipinski definition) is 7. The van der Waals surface area contributed by atoms with Gasteiger partial charge in [0.25, 0.3) is 11.6 Å². The van der Waals surface area contributed by atoms with Gasteiger partial charge in [-0.05, 0) is 67.8 Å². The number of nitro benzene ring substituents is 1. The summed E-state index contributed by atoms with van der Waals surface area (Å²) in [6.07, 6.45) is 0. The summed E-state index contributed by atoms with van der Waals surface area (Å²) in [4.78, 5) is 31.0. The molecule has 9 nitrogen and oxygen atoms in total. The first kappa shape index (κ1) is 23.5. The van der Waals surface area contributed by atoms with Gasteiger partial charge >= 0.3 is 0 Å². The molecule has 1 aliphatic heterocycles. The molecule has 0 spiro atoms. The summed E-state index contributed by atoms with van der Waals surface area (Å²) in [5.74, 6) is 0.0358.